The molecule has 7 nitrogen and oxygen atoms in total. The highest BCUT2D eigenvalue weighted by Gasteiger charge is 2.11. The van der Waals surface area contributed by atoms with Crippen LogP contribution in [-0.4, -0.2) is 47.3 Å². The number of anilines is 2. The van der Waals surface area contributed by atoms with E-state index in [9.17, 15) is 4.79 Å². The topological polar surface area (TPSA) is 85.9 Å². The molecule has 104 valence electrons. The van der Waals surface area contributed by atoms with Gasteiger partial charge in [0.25, 0.3) is 5.91 Å². The Kier molecular flexibility index (Phi) is 3.60. The summed E-state index contributed by atoms with van der Waals surface area (Å²) >= 11 is 0. The number of nitrogens with one attached hydrogen (secondary N) is 3. The fourth-order valence-corrected chi connectivity index (χ4v) is 2.14. The Morgan fingerprint density at radius 3 is 2.75 bits per heavy atom. The maximum atomic E-state index is 11.8. The van der Waals surface area contributed by atoms with Gasteiger partial charge in [-0.05, 0) is 18.2 Å². The van der Waals surface area contributed by atoms with Crippen molar-refractivity contribution in [1.82, 2.24) is 20.5 Å². The van der Waals surface area contributed by atoms with Crippen LogP contribution in [0.15, 0.2) is 30.6 Å². The summed E-state index contributed by atoms with van der Waals surface area (Å²) in [6, 6.07) is 5.40. The molecule has 3 N–H and O–H groups in total. The van der Waals surface area contributed by atoms with Crippen LogP contribution in [0.2, 0.25) is 0 Å². The Labute approximate surface area is 116 Å². The maximum absolute atomic E-state index is 11.8. The van der Waals surface area contributed by atoms with Gasteiger partial charge in [0.1, 0.15) is 11.5 Å². The number of amides is 1. The van der Waals surface area contributed by atoms with Crippen LogP contribution < -0.4 is 15.5 Å². The zero-order chi connectivity index (χ0) is 13.8. The van der Waals surface area contributed by atoms with E-state index >= 15 is 0 Å². The van der Waals surface area contributed by atoms with E-state index in [1.165, 1.54) is 6.20 Å². The summed E-state index contributed by atoms with van der Waals surface area (Å²) in [5.74, 6) is 0.286. The van der Waals surface area contributed by atoms with E-state index in [0.29, 0.717) is 11.5 Å². The van der Waals surface area contributed by atoms with Gasteiger partial charge in [0.15, 0.2) is 0 Å². The molecule has 3 rings (SSSR count). The van der Waals surface area contributed by atoms with Crippen LogP contribution >= 0.6 is 0 Å². The van der Waals surface area contributed by atoms with E-state index in [0.717, 1.165) is 31.9 Å². The second-order valence-corrected chi connectivity index (χ2v) is 4.56. The van der Waals surface area contributed by atoms with Crippen molar-refractivity contribution in [3.05, 3.63) is 36.3 Å². The van der Waals surface area contributed by atoms with Gasteiger partial charge in [-0.3, -0.25) is 9.89 Å². The number of piperazine rings is 1. The zero-order valence-electron chi connectivity index (χ0n) is 11.0. The number of pyridine rings is 1. The number of hydrogen-bond donors (Lipinski definition) is 3. The molecule has 1 aliphatic rings. The van der Waals surface area contributed by atoms with Crippen molar-refractivity contribution in [2.75, 3.05) is 36.4 Å². The summed E-state index contributed by atoms with van der Waals surface area (Å²) in [4.78, 5) is 18.4. The van der Waals surface area contributed by atoms with Gasteiger partial charge in [-0.15, -0.1) is 0 Å². The molecule has 0 saturated carbocycles. The van der Waals surface area contributed by atoms with Crippen LogP contribution in [0, 0.1) is 0 Å². The van der Waals surface area contributed by atoms with Crippen molar-refractivity contribution >= 4 is 17.4 Å². The maximum Gasteiger partial charge on any atom is 0.274 e. The van der Waals surface area contributed by atoms with E-state index in [4.69, 9.17) is 0 Å². The molecule has 0 spiro atoms. The molecule has 0 aromatic carbocycles. The van der Waals surface area contributed by atoms with E-state index < -0.39 is 0 Å². The first kappa shape index (κ1) is 12.6. The predicted octanol–water partition coefficient (Wildman–Crippen LogP) is 0.467. The highest BCUT2D eigenvalue weighted by atomic mass is 16.2. The third-order valence-corrected chi connectivity index (χ3v) is 3.22. The van der Waals surface area contributed by atoms with E-state index in [-0.39, 0.29) is 5.91 Å². The first-order chi connectivity index (χ1) is 9.83. The minimum atomic E-state index is -0.245. The lowest BCUT2D eigenvalue weighted by atomic mass is 10.3. The molecule has 1 saturated heterocycles. The number of H-pyrrole nitrogens is 1. The molecule has 2 aromatic rings. The number of hydrogen-bond acceptors (Lipinski definition) is 5. The molecular formula is C13H16N6O. The average Bonchev–Trinajstić information content (AvgIpc) is 3.03. The standard InChI is InChI=1S/C13H16N6O/c20-13(11-3-4-16-18-11)17-12-2-1-10(9-15-12)19-7-5-14-6-8-19/h1-4,9,14H,5-8H2,(H,16,18)(H,15,17,20). The van der Waals surface area contributed by atoms with Crippen LogP contribution in [0.4, 0.5) is 11.5 Å². The molecule has 0 atom stereocenters. The third-order valence-electron chi connectivity index (χ3n) is 3.22. The minimum absolute atomic E-state index is 0.245. The number of aromatic amines is 1. The molecule has 3 heterocycles. The van der Waals surface area contributed by atoms with Crippen molar-refractivity contribution in [3.8, 4) is 0 Å². The van der Waals surface area contributed by atoms with E-state index in [1.54, 1.807) is 12.3 Å². The Balaban J connectivity index is 1.65. The summed E-state index contributed by atoms with van der Waals surface area (Å²) in [7, 11) is 0. The quantitative estimate of drug-likeness (QED) is 0.756. The van der Waals surface area contributed by atoms with Gasteiger partial charge in [0.2, 0.25) is 0 Å². The molecule has 1 aliphatic heterocycles. The first-order valence-electron chi connectivity index (χ1n) is 6.55. The molecule has 0 bridgehead atoms. The van der Waals surface area contributed by atoms with E-state index in [2.05, 4.69) is 30.7 Å². The summed E-state index contributed by atoms with van der Waals surface area (Å²) in [6.07, 6.45) is 3.32. The van der Waals surface area contributed by atoms with Gasteiger partial charge in [-0.2, -0.15) is 5.10 Å². The van der Waals surface area contributed by atoms with Crippen molar-refractivity contribution in [2.45, 2.75) is 0 Å². The summed E-state index contributed by atoms with van der Waals surface area (Å²) in [5.41, 5.74) is 1.49. The van der Waals surface area contributed by atoms with Gasteiger partial charge in [0.05, 0.1) is 11.9 Å². The van der Waals surface area contributed by atoms with Crippen LogP contribution in [-0.2, 0) is 0 Å². The largest absolute Gasteiger partial charge is 0.368 e. The Morgan fingerprint density at radius 2 is 2.10 bits per heavy atom. The molecule has 20 heavy (non-hydrogen) atoms. The van der Waals surface area contributed by atoms with Gasteiger partial charge < -0.3 is 15.5 Å². The second-order valence-electron chi connectivity index (χ2n) is 4.56. The number of carbonyl (C=O) groups is 1. The molecule has 0 unspecified atom stereocenters. The average molecular weight is 272 g/mol. The van der Waals surface area contributed by atoms with Gasteiger partial charge >= 0.3 is 0 Å². The second kappa shape index (κ2) is 5.70. The van der Waals surface area contributed by atoms with Gasteiger partial charge in [-0.25, -0.2) is 4.98 Å². The number of carbonyl (C=O) groups excluding carboxylic acids is 1. The van der Waals surface area contributed by atoms with Crippen LogP contribution in [0.5, 0.6) is 0 Å². The smallest absolute Gasteiger partial charge is 0.274 e. The molecule has 1 amide bonds. The fourth-order valence-electron chi connectivity index (χ4n) is 2.14. The van der Waals surface area contributed by atoms with Crippen LogP contribution in [0.3, 0.4) is 0 Å². The first-order valence-corrected chi connectivity index (χ1v) is 6.55. The van der Waals surface area contributed by atoms with E-state index in [1.807, 2.05) is 12.1 Å². The zero-order valence-corrected chi connectivity index (χ0v) is 11.0. The van der Waals surface area contributed by atoms with Gasteiger partial charge in [0, 0.05) is 32.4 Å². The molecule has 2 aromatic heterocycles. The number of aromatic nitrogens is 3. The minimum Gasteiger partial charge on any atom is -0.368 e. The molecule has 0 aliphatic carbocycles. The summed E-state index contributed by atoms with van der Waals surface area (Å²) in [6.45, 7) is 3.92. The van der Waals surface area contributed by atoms with Crippen LogP contribution in [0.25, 0.3) is 0 Å². The Morgan fingerprint density at radius 1 is 1.25 bits per heavy atom. The number of nitrogens with zero attached hydrogens (tertiary/aromatic N) is 3. The lowest BCUT2D eigenvalue weighted by Gasteiger charge is -2.29. The van der Waals surface area contributed by atoms with Crippen molar-refractivity contribution in [1.29, 1.82) is 0 Å². The summed E-state index contributed by atoms with van der Waals surface area (Å²) < 4.78 is 0. The Hall–Kier alpha value is -2.41. The molecule has 0 radical (unpaired) electrons. The molecule has 1 fully saturated rings. The number of rotatable bonds is 3. The fraction of sp³-hybridized carbons (Fsp3) is 0.308. The lowest BCUT2D eigenvalue weighted by Crippen LogP contribution is -2.43. The predicted molar refractivity (Wildman–Crippen MR) is 75.9 cm³/mol. The van der Waals surface area contributed by atoms with Crippen molar-refractivity contribution < 1.29 is 4.79 Å². The van der Waals surface area contributed by atoms with Gasteiger partial charge in [-0.1, -0.05) is 0 Å². The van der Waals surface area contributed by atoms with Crippen molar-refractivity contribution in [2.24, 2.45) is 0 Å². The van der Waals surface area contributed by atoms with Crippen molar-refractivity contribution in [3.63, 3.8) is 0 Å². The SMILES string of the molecule is O=C(Nc1ccc(N2CCNCC2)cn1)c1ccn[nH]1. The highest BCUT2D eigenvalue weighted by molar-refractivity contribution is 6.02. The normalized spacial score (nSPS) is 15.1. The van der Waals surface area contributed by atoms with Crippen LogP contribution in [0.1, 0.15) is 10.5 Å². The molecule has 7 heteroatoms. The molecular weight excluding hydrogens is 256 g/mol. The monoisotopic (exact) mass is 272 g/mol. The highest BCUT2D eigenvalue weighted by Crippen LogP contribution is 2.15. The third kappa shape index (κ3) is 2.77. The lowest BCUT2D eigenvalue weighted by molar-refractivity contribution is 0.102. The Bertz CT molecular complexity index is 559. The summed E-state index contributed by atoms with van der Waals surface area (Å²) in [5, 5.41) is 12.4.